The molecule has 1 fully saturated rings. The van der Waals surface area contributed by atoms with E-state index in [1.807, 2.05) is 23.1 Å². The summed E-state index contributed by atoms with van der Waals surface area (Å²) < 4.78 is 20.9. The summed E-state index contributed by atoms with van der Waals surface area (Å²) in [6.07, 6.45) is 7.79. The zero-order valence-corrected chi connectivity index (χ0v) is 14.4. The molecule has 0 spiro atoms. The van der Waals surface area contributed by atoms with Gasteiger partial charge in [-0.05, 0) is 43.2 Å². The van der Waals surface area contributed by atoms with E-state index < -0.39 is 0 Å². The van der Waals surface area contributed by atoms with Gasteiger partial charge in [0.05, 0.1) is 23.7 Å². The third-order valence-corrected chi connectivity index (χ3v) is 4.80. The molecule has 2 atom stereocenters. The Kier molecular flexibility index (Phi) is 5.08. The molecule has 1 aromatic carbocycles. The second-order valence-corrected chi connectivity index (χ2v) is 6.57. The first-order chi connectivity index (χ1) is 12.8. The Bertz CT molecular complexity index is 815. The molecule has 0 unspecified atom stereocenters. The molecule has 0 amide bonds. The van der Waals surface area contributed by atoms with E-state index >= 15 is 0 Å². The number of aromatic amines is 1. The molecule has 1 aliphatic heterocycles. The highest BCUT2D eigenvalue weighted by Crippen LogP contribution is 2.32. The van der Waals surface area contributed by atoms with Crippen molar-refractivity contribution in [1.82, 2.24) is 25.3 Å². The van der Waals surface area contributed by atoms with Gasteiger partial charge in [0.25, 0.3) is 0 Å². The monoisotopic (exact) mass is 355 g/mol. The molecule has 26 heavy (non-hydrogen) atoms. The number of ether oxygens (including phenoxy) is 1. The van der Waals surface area contributed by atoms with Crippen LogP contribution in [0.25, 0.3) is 5.69 Å². The first kappa shape index (κ1) is 16.9. The fraction of sp³-hybridized carbons (Fsp3) is 0.368. The number of halogens is 1. The number of H-pyrrole nitrogens is 1. The van der Waals surface area contributed by atoms with Crippen LogP contribution in [0.5, 0.6) is 0 Å². The number of nitrogens with one attached hydrogen (secondary N) is 2. The molecule has 4 rings (SSSR count). The number of hydrogen-bond donors (Lipinski definition) is 2. The molecule has 6 nitrogen and oxygen atoms in total. The molecule has 0 radical (unpaired) electrons. The van der Waals surface area contributed by atoms with Crippen LogP contribution in [-0.2, 0) is 11.3 Å². The molecular weight excluding hydrogens is 333 g/mol. The van der Waals surface area contributed by atoms with Gasteiger partial charge in [0, 0.05) is 43.6 Å². The maximum Gasteiger partial charge on any atom is 0.123 e. The maximum atomic E-state index is 13.1. The zero-order chi connectivity index (χ0) is 17.8. The molecule has 1 saturated heterocycles. The van der Waals surface area contributed by atoms with Crippen LogP contribution in [0.15, 0.2) is 48.9 Å². The van der Waals surface area contributed by atoms with Gasteiger partial charge in [-0.2, -0.15) is 10.2 Å². The van der Waals surface area contributed by atoms with Crippen molar-refractivity contribution in [2.24, 2.45) is 5.92 Å². The fourth-order valence-electron chi connectivity index (χ4n) is 3.50. The van der Waals surface area contributed by atoms with Gasteiger partial charge in [-0.15, -0.1) is 0 Å². The number of nitrogens with zero attached hydrogens (tertiary/aromatic N) is 3. The van der Waals surface area contributed by atoms with Gasteiger partial charge in [0.15, 0.2) is 0 Å². The van der Waals surface area contributed by atoms with Crippen LogP contribution < -0.4 is 5.32 Å². The average molecular weight is 355 g/mol. The lowest BCUT2D eigenvalue weighted by molar-refractivity contribution is -0.0278. The Morgan fingerprint density at radius 2 is 2.15 bits per heavy atom. The zero-order valence-electron chi connectivity index (χ0n) is 14.4. The molecular formula is C19H22FN5O. The lowest BCUT2D eigenvalue weighted by atomic mass is 9.91. The summed E-state index contributed by atoms with van der Waals surface area (Å²) in [5, 5.41) is 14.8. The molecule has 0 bridgehead atoms. The van der Waals surface area contributed by atoms with Crippen molar-refractivity contribution in [2.45, 2.75) is 25.5 Å². The number of rotatable bonds is 6. The van der Waals surface area contributed by atoms with Gasteiger partial charge >= 0.3 is 0 Å². The van der Waals surface area contributed by atoms with Crippen molar-refractivity contribution < 1.29 is 9.13 Å². The van der Waals surface area contributed by atoms with Crippen molar-refractivity contribution in [2.75, 3.05) is 13.2 Å². The number of benzene rings is 1. The number of hydrogen-bond acceptors (Lipinski definition) is 4. The summed E-state index contributed by atoms with van der Waals surface area (Å²) in [5.41, 5.74) is 2.99. The highest BCUT2D eigenvalue weighted by atomic mass is 19.1. The van der Waals surface area contributed by atoms with Crippen molar-refractivity contribution >= 4 is 0 Å². The Balaban J connectivity index is 1.39. The molecule has 2 aromatic heterocycles. The summed E-state index contributed by atoms with van der Waals surface area (Å²) >= 11 is 0. The van der Waals surface area contributed by atoms with E-state index in [1.54, 1.807) is 18.3 Å². The predicted molar refractivity (Wildman–Crippen MR) is 95.2 cm³/mol. The highest BCUT2D eigenvalue weighted by Gasteiger charge is 2.27. The van der Waals surface area contributed by atoms with Crippen LogP contribution in [0.2, 0.25) is 0 Å². The van der Waals surface area contributed by atoms with E-state index in [2.05, 4.69) is 20.6 Å². The van der Waals surface area contributed by atoms with Crippen LogP contribution >= 0.6 is 0 Å². The SMILES string of the molecule is Fc1ccc(-n2nccc2CNC[C@@H]2CCCO[C@H]2c2cn[nH]c2)cc1. The van der Waals surface area contributed by atoms with Crippen molar-refractivity contribution in [3.8, 4) is 5.69 Å². The summed E-state index contributed by atoms with van der Waals surface area (Å²) in [7, 11) is 0. The van der Waals surface area contributed by atoms with Gasteiger partial charge in [0.1, 0.15) is 5.82 Å². The summed E-state index contributed by atoms with van der Waals surface area (Å²) in [4.78, 5) is 0. The third-order valence-electron chi connectivity index (χ3n) is 4.80. The molecule has 136 valence electrons. The summed E-state index contributed by atoms with van der Waals surface area (Å²) in [5.74, 6) is 0.159. The van der Waals surface area contributed by atoms with E-state index in [0.717, 1.165) is 42.9 Å². The molecule has 0 aliphatic carbocycles. The molecule has 2 N–H and O–H groups in total. The Morgan fingerprint density at radius 1 is 1.27 bits per heavy atom. The lowest BCUT2D eigenvalue weighted by Crippen LogP contribution is -2.32. The van der Waals surface area contributed by atoms with E-state index in [4.69, 9.17) is 4.74 Å². The van der Waals surface area contributed by atoms with E-state index in [-0.39, 0.29) is 11.9 Å². The fourth-order valence-corrected chi connectivity index (χ4v) is 3.50. The molecule has 3 heterocycles. The smallest absolute Gasteiger partial charge is 0.123 e. The quantitative estimate of drug-likeness (QED) is 0.713. The largest absolute Gasteiger partial charge is 0.373 e. The summed E-state index contributed by atoms with van der Waals surface area (Å²) in [6.45, 7) is 2.33. The second kappa shape index (κ2) is 7.80. The van der Waals surface area contributed by atoms with Crippen LogP contribution in [0, 0.1) is 11.7 Å². The molecule has 3 aromatic rings. The minimum Gasteiger partial charge on any atom is -0.373 e. The highest BCUT2D eigenvalue weighted by molar-refractivity contribution is 5.32. The average Bonchev–Trinajstić information content (AvgIpc) is 3.35. The van der Waals surface area contributed by atoms with Crippen molar-refractivity contribution in [3.63, 3.8) is 0 Å². The van der Waals surface area contributed by atoms with Gasteiger partial charge in [-0.3, -0.25) is 5.10 Å². The van der Waals surface area contributed by atoms with E-state index in [9.17, 15) is 4.39 Å². The van der Waals surface area contributed by atoms with Crippen molar-refractivity contribution in [1.29, 1.82) is 0 Å². The van der Waals surface area contributed by atoms with Crippen molar-refractivity contribution in [3.05, 3.63) is 66.0 Å². The Hall–Kier alpha value is -2.51. The minimum absolute atomic E-state index is 0.0806. The van der Waals surface area contributed by atoms with Gasteiger partial charge in [-0.1, -0.05) is 0 Å². The minimum atomic E-state index is -0.247. The van der Waals surface area contributed by atoms with Gasteiger partial charge in [0.2, 0.25) is 0 Å². The third kappa shape index (κ3) is 3.68. The predicted octanol–water partition coefficient (Wildman–Crippen LogP) is 2.99. The maximum absolute atomic E-state index is 13.1. The van der Waals surface area contributed by atoms with E-state index in [0.29, 0.717) is 12.5 Å². The standard InChI is InChI=1S/C19H22FN5O/c20-16-3-5-17(6-4-16)25-18(7-8-24-25)13-21-10-14-2-1-9-26-19(14)15-11-22-23-12-15/h3-8,11-12,14,19,21H,1-2,9-10,13H2,(H,22,23)/t14-,19+/m0/s1. The number of aromatic nitrogens is 4. The first-order valence-electron chi connectivity index (χ1n) is 8.91. The molecule has 0 saturated carbocycles. The van der Waals surface area contributed by atoms with Crippen LogP contribution in [0.3, 0.4) is 0 Å². The summed E-state index contributed by atoms with van der Waals surface area (Å²) in [6, 6.07) is 8.33. The Morgan fingerprint density at radius 3 is 2.96 bits per heavy atom. The second-order valence-electron chi connectivity index (χ2n) is 6.57. The normalized spacial score (nSPS) is 20.3. The topological polar surface area (TPSA) is 67.8 Å². The van der Waals surface area contributed by atoms with E-state index in [1.165, 1.54) is 12.1 Å². The van der Waals surface area contributed by atoms with Crippen LogP contribution in [-0.4, -0.2) is 33.1 Å². The van der Waals surface area contributed by atoms with Gasteiger partial charge in [-0.25, -0.2) is 9.07 Å². The van der Waals surface area contributed by atoms with Crippen LogP contribution in [0.1, 0.15) is 30.2 Å². The molecule has 1 aliphatic rings. The Labute approximate surface area is 151 Å². The lowest BCUT2D eigenvalue weighted by Gasteiger charge is -2.31. The van der Waals surface area contributed by atoms with Crippen LogP contribution in [0.4, 0.5) is 4.39 Å². The first-order valence-corrected chi connectivity index (χ1v) is 8.91. The van der Waals surface area contributed by atoms with Gasteiger partial charge < -0.3 is 10.1 Å². The molecule has 7 heteroatoms.